The topological polar surface area (TPSA) is 42.7 Å². The fraction of sp³-hybridized carbons (Fsp3) is 0.385. The SMILES string of the molecule is O=C1/C(=C\c2ccco2)SC(=S)N1C[C@H]1CCCO1. The van der Waals surface area contributed by atoms with E-state index in [-0.39, 0.29) is 12.0 Å². The molecule has 2 aliphatic heterocycles. The molecule has 0 aliphatic carbocycles. The van der Waals surface area contributed by atoms with Crippen LogP contribution in [0.25, 0.3) is 6.08 Å². The van der Waals surface area contributed by atoms with Crippen LogP contribution in [-0.4, -0.2) is 34.4 Å². The highest BCUT2D eigenvalue weighted by atomic mass is 32.2. The first kappa shape index (κ1) is 12.9. The van der Waals surface area contributed by atoms with E-state index in [1.54, 1.807) is 23.3 Å². The van der Waals surface area contributed by atoms with E-state index in [9.17, 15) is 4.79 Å². The number of thioether (sulfide) groups is 1. The molecule has 2 saturated heterocycles. The van der Waals surface area contributed by atoms with Gasteiger partial charge in [0, 0.05) is 12.7 Å². The number of hydrogen-bond acceptors (Lipinski definition) is 5. The average molecular weight is 295 g/mol. The summed E-state index contributed by atoms with van der Waals surface area (Å²) in [7, 11) is 0. The number of furan rings is 1. The number of nitrogens with zero attached hydrogens (tertiary/aromatic N) is 1. The Morgan fingerprint density at radius 3 is 3.16 bits per heavy atom. The molecule has 0 unspecified atom stereocenters. The molecule has 2 fully saturated rings. The van der Waals surface area contributed by atoms with Gasteiger partial charge in [0.25, 0.3) is 5.91 Å². The zero-order valence-corrected chi connectivity index (χ0v) is 11.8. The summed E-state index contributed by atoms with van der Waals surface area (Å²) in [6.07, 6.45) is 5.48. The van der Waals surface area contributed by atoms with Crippen LogP contribution in [0.3, 0.4) is 0 Å². The Kier molecular flexibility index (Phi) is 3.72. The van der Waals surface area contributed by atoms with E-state index in [4.69, 9.17) is 21.4 Å². The maximum atomic E-state index is 12.3. The predicted molar refractivity (Wildman–Crippen MR) is 77.6 cm³/mol. The number of thiocarbonyl (C=S) groups is 1. The Labute approximate surface area is 120 Å². The number of hydrogen-bond donors (Lipinski definition) is 0. The van der Waals surface area contributed by atoms with Crippen LogP contribution >= 0.6 is 24.0 Å². The minimum Gasteiger partial charge on any atom is -0.465 e. The molecule has 1 aromatic rings. The summed E-state index contributed by atoms with van der Waals surface area (Å²) in [6, 6.07) is 3.60. The molecule has 0 radical (unpaired) electrons. The van der Waals surface area contributed by atoms with Gasteiger partial charge >= 0.3 is 0 Å². The summed E-state index contributed by atoms with van der Waals surface area (Å²) in [5.41, 5.74) is 0. The monoisotopic (exact) mass is 295 g/mol. The van der Waals surface area contributed by atoms with Gasteiger partial charge in [0.1, 0.15) is 10.1 Å². The molecule has 1 aromatic heterocycles. The van der Waals surface area contributed by atoms with Crippen molar-refractivity contribution < 1.29 is 13.9 Å². The van der Waals surface area contributed by atoms with Gasteiger partial charge in [-0.05, 0) is 25.0 Å². The number of rotatable bonds is 3. The maximum absolute atomic E-state index is 12.3. The third-order valence-corrected chi connectivity index (χ3v) is 4.48. The highest BCUT2D eigenvalue weighted by Gasteiger charge is 2.34. The molecule has 6 heteroatoms. The van der Waals surface area contributed by atoms with E-state index in [0.717, 1.165) is 19.4 Å². The van der Waals surface area contributed by atoms with Gasteiger partial charge in [0.05, 0.1) is 23.8 Å². The Morgan fingerprint density at radius 1 is 1.58 bits per heavy atom. The van der Waals surface area contributed by atoms with Gasteiger partial charge in [-0.3, -0.25) is 9.69 Å². The van der Waals surface area contributed by atoms with Crippen LogP contribution in [0, 0.1) is 0 Å². The van der Waals surface area contributed by atoms with Gasteiger partial charge < -0.3 is 9.15 Å². The molecule has 19 heavy (non-hydrogen) atoms. The minimum atomic E-state index is -0.0538. The second-order valence-corrected chi connectivity index (χ2v) is 6.12. The van der Waals surface area contributed by atoms with Gasteiger partial charge in [-0.25, -0.2) is 0 Å². The van der Waals surface area contributed by atoms with E-state index in [0.29, 0.717) is 21.5 Å². The molecule has 0 bridgehead atoms. The van der Waals surface area contributed by atoms with Crippen molar-refractivity contribution in [2.75, 3.05) is 13.2 Å². The number of ether oxygens (including phenoxy) is 1. The average Bonchev–Trinajstić information content (AvgIpc) is 3.10. The molecule has 2 aliphatic rings. The second kappa shape index (κ2) is 5.48. The summed E-state index contributed by atoms with van der Waals surface area (Å²) >= 11 is 6.58. The molecule has 100 valence electrons. The van der Waals surface area contributed by atoms with Crippen molar-refractivity contribution in [2.45, 2.75) is 18.9 Å². The summed E-state index contributed by atoms with van der Waals surface area (Å²) in [6.45, 7) is 1.34. The number of carbonyl (C=O) groups is 1. The highest BCUT2D eigenvalue weighted by molar-refractivity contribution is 8.26. The molecule has 3 rings (SSSR count). The largest absolute Gasteiger partial charge is 0.465 e. The first-order valence-electron chi connectivity index (χ1n) is 6.14. The van der Waals surface area contributed by atoms with Crippen LogP contribution in [0.2, 0.25) is 0 Å². The molecule has 1 atom stereocenters. The van der Waals surface area contributed by atoms with E-state index in [2.05, 4.69) is 0 Å². The lowest BCUT2D eigenvalue weighted by molar-refractivity contribution is -0.123. The molecule has 1 amide bonds. The van der Waals surface area contributed by atoms with Crippen molar-refractivity contribution >= 4 is 40.3 Å². The quantitative estimate of drug-likeness (QED) is 0.633. The molecule has 0 N–H and O–H groups in total. The van der Waals surface area contributed by atoms with Crippen molar-refractivity contribution in [1.82, 2.24) is 4.90 Å². The highest BCUT2D eigenvalue weighted by Crippen LogP contribution is 2.33. The van der Waals surface area contributed by atoms with Crippen LogP contribution in [0.1, 0.15) is 18.6 Å². The van der Waals surface area contributed by atoms with Crippen LogP contribution < -0.4 is 0 Å². The van der Waals surface area contributed by atoms with Gasteiger partial charge in [0.15, 0.2) is 0 Å². The van der Waals surface area contributed by atoms with E-state index in [1.807, 2.05) is 6.07 Å². The molecular formula is C13H13NO3S2. The minimum absolute atomic E-state index is 0.0538. The van der Waals surface area contributed by atoms with Gasteiger partial charge in [-0.1, -0.05) is 24.0 Å². The van der Waals surface area contributed by atoms with Crippen LogP contribution in [0.5, 0.6) is 0 Å². The molecule has 0 saturated carbocycles. The van der Waals surface area contributed by atoms with Crippen LogP contribution in [-0.2, 0) is 9.53 Å². The van der Waals surface area contributed by atoms with E-state index >= 15 is 0 Å². The fourth-order valence-electron chi connectivity index (χ4n) is 2.15. The van der Waals surface area contributed by atoms with Gasteiger partial charge in [0.2, 0.25) is 0 Å². The third-order valence-electron chi connectivity index (χ3n) is 3.10. The Morgan fingerprint density at radius 2 is 2.47 bits per heavy atom. The first-order chi connectivity index (χ1) is 9.24. The van der Waals surface area contributed by atoms with Crippen LogP contribution in [0.15, 0.2) is 27.7 Å². The fourth-order valence-corrected chi connectivity index (χ4v) is 3.41. The first-order valence-corrected chi connectivity index (χ1v) is 7.37. The van der Waals surface area contributed by atoms with Crippen LogP contribution in [0.4, 0.5) is 0 Å². The van der Waals surface area contributed by atoms with Crippen molar-refractivity contribution in [3.8, 4) is 0 Å². The zero-order valence-electron chi connectivity index (χ0n) is 10.2. The van der Waals surface area contributed by atoms with Crippen molar-refractivity contribution in [1.29, 1.82) is 0 Å². The second-order valence-electron chi connectivity index (χ2n) is 4.44. The summed E-state index contributed by atoms with van der Waals surface area (Å²) < 4.78 is 11.4. The Bertz CT molecular complexity index is 518. The van der Waals surface area contributed by atoms with Gasteiger partial charge in [-0.15, -0.1) is 0 Å². The Hall–Kier alpha value is -1.11. The predicted octanol–water partition coefficient (Wildman–Crippen LogP) is 2.66. The zero-order chi connectivity index (χ0) is 13.2. The smallest absolute Gasteiger partial charge is 0.266 e. The number of amides is 1. The molecule has 3 heterocycles. The normalized spacial score (nSPS) is 25.8. The van der Waals surface area contributed by atoms with Gasteiger partial charge in [-0.2, -0.15) is 0 Å². The molecule has 4 nitrogen and oxygen atoms in total. The standard InChI is InChI=1S/C13H13NO3S2/c15-12-11(7-9-3-1-5-16-9)19-13(18)14(12)8-10-4-2-6-17-10/h1,3,5,7,10H,2,4,6,8H2/b11-7+/t10-/m1/s1. The summed E-state index contributed by atoms with van der Waals surface area (Å²) in [5, 5.41) is 0. The lowest BCUT2D eigenvalue weighted by Gasteiger charge is -2.18. The summed E-state index contributed by atoms with van der Waals surface area (Å²) in [5.74, 6) is 0.611. The van der Waals surface area contributed by atoms with Crippen molar-refractivity contribution in [2.24, 2.45) is 0 Å². The van der Waals surface area contributed by atoms with Crippen molar-refractivity contribution in [3.05, 3.63) is 29.1 Å². The summed E-state index contributed by atoms with van der Waals surface area (Å²) in [4.78, 5) is 14.5. The van der Waals surface area contributed by atoms with Crippen molar-refractivity contribution in [3.63, 3.8) is 0 Å². The molecular weight excluding hydrogens is 282 g/mol. The lowest BCUT2D eigenvalue weighted by atomic mass is 10.2. The maximum Gasteiger partial charge on any atom is 0.266 e. The number of carbonyl (C=O) groups excluding carboxylic acids is 1. The van der Waals surface area contributed by atoms with E-state index < -0.39 is 0 Å². The third kappa shape index (κ3) is 2.75. The van der Waals surface area contributed by atoms with E-state index in [1.165, 1.54) is 11.8 Å². The lowest BCUT2D eigenvalue weighted by Crippen LogP contribution is -2.35. The molecule has 0 spiro atoms. The molecule has 0 aromatic carbocycles. The Balaban J connectivity index is 1.73.